The molecule has 4 nitrogen and oxygen atoms in total. The summed E-state index contributed by atoms with van der Waals surface area (Å²) < 4.78 is 0. The van der Waals surface area contributed by atoms with Gasteiger partial charge in [-0.1, -0.05) is 6.92 Å². The maximum absolute atomic E-state index is 4.33. The lowest BCUT2D eigenvalue weighted by atomic mass is 10.0. The lowest BCUT2D eigenvalue weighted by molar-refractivity contribution is 0.167. The van der Waals surface area contributed by atoms with E-state index < -0.39 is 0 Å². The van der Waals surface area contributed by atoms with Crippen molar-refractivity contribution in [3.8, 4) is 0 Å². The van der Waals surface area contributed by atoms with Crippen LogP contribution in [0.3, 0.4) is 0 Å². The topological polar surface area (TPSA) is 39.7 Å². The number of guanidine groups is 1. The van der Waals surface area contributed by atoms with Gasteiger partial charge in [0.1, 0.15) is 0 Å². The number of nitrogens with one attached hydrogen (secondary N) is 2. The van der Waals surface area contributed by atoms with Gasteiger partial charge in [-0.05, 0) is 39.0 Å². The molecule has 0 amide bonds. The van der Waals surface area contributed by atoms with E-state index in [4.69, 9.17) is 0 Å². The summed E-state index contributed by atoms with van der Waals surface area (Å²) in [7, 11) is 1.87. The Hall–Kier alpha value is -0.770. The second-order valence-corrected chi connectivity index (χ2v) is 6.08. The van der Waals surface area contributed by atoms with Crippen LogP contribution in [0.5, 0.6) is 0 Å². The van der Waals surface area contributed by atoms with Gasteiger partial charge >= 0.3 is 0 Å². The molecule has 1 aliphatic carbocycles. The third kappa shape index (κ3) is 3.61. The molecule has 0 aromatic carbocycles. The van der Waals surface area contributed by atoms with Crippen molar-refractivity contribution in [2.45, 2.75) is 58.2 Å². The summed E-state index contributed by atoms with van der Waals surface area (Å²) in [4.78, 5) is 6.88. The van der Waals surface area contributed by atoms with Gasteiger partial charge in [0, 0.05) is 38.3 Å². The quantitative estimate of drug-likeness (QED) is 0.590. The maximum atomic E-state index is 4.33. The molecule has 2 rings (SSSR count). The highest BCUT2D eigenvalue weighted by Gasteiger charge is 2.33. The van der Waals surface area contributed by atoms with Crippen molar-refractivity contribution in [2.75, 3.05) is 20.1 Å². The normalized spacial score (nSPS) is 30.6. The molecule has 1 heterocycles. The summed E-state index contributed by atoms with van der Waals surface area (Å²) in [5, 5.41) is 7.07. The fraction of sp³-hybridized carbons (Fsp3) is 0.929. The Morgan fingerprint density at radius 2 is 1.83 bits per heavy atom. The third-order valence-corrected chi connectivity index (χ3v) is 4.26. The van der Waals surface area contributed by atoms with Crippen LogP contribution in [0.4, 0.5) is 0 Å². The molecule has 2 atom stereocenters. The summed E-state index contributed by atoms with van der Waals surface area (Å²) in [5.74, 6) is 1.80. The number of likely N-dealkylation sites (tertiary alicyclic amines) is 1. The highest BCUT2D eigenvalue weighted by atomic mass is 15.2. The summed E-state index contributed by atoms with van der Waals surface area (Å²) in [6.07, 6.45) is 3.73. The van der Waals surface area contributed by atoms with Crippen LogP contribution in [0.2, 0.25) is 0 Å². The average Bonchev–Trinajstić information content (AvgIpc) is 3.04. The van der Waals surface area contributed by atoms with E-state index in [0.29, 0.717) is 18.1 Å². The molecule has 104 valence electrons. The number of hydrogen-bond donors (Lipinski definition) is 2. The molecule has 0 aromatic rings. The van der Waals surface area contributed by atoms with Crippen molar-refractivity contribution in [2.24, 2.45) is 10.9 Å². The molecule has 2 unspecified atom stereocenters. The minimum Gasteiger partial charge on any atom is -0.354 e. The van der Waals surface area contributed by atoms with Gasteiger partial charge < -0.3 is 15.5 Å². The van der Waals surface area contributed by atoms with Crippen molar-refractivity contribution in [1.82, 2.24) is 15.5 Å². The standard InChI is InChI=1S/C14H28N4/c1-10(2)18-7-5-12(6-8-18)16-14(15-4)17-13-9-11(13)3/h10-13H,5-9H2,1-4H3,(H2,15,16,17). The SMILES string of the molecule is CN=C(NC1CCN(C(C)C)CC1)NC1CC1C. The number of aliphatic imine (C=N–C) groups is 1. The van der Waals surface area contributed by atoms with E-state index in [1.54, 1.807) is 0 Å². The van der Waals surface area contributed by atoms with Crippen molar-refractivity contribution in [1.29, 1.82) is 0 Å². The van der Waals surface area contributed by atoms with Crippen molar-refractivity contribution in [3.05, 3.63) is 0 Å². The fourth-order valence-electron chi connectivity index (χ4n) is 2.62. The Bertz CT molecular complexity index is 292. The van der Waals surface area contributed by atoms with Crippen molar-refractivity contribution in [3.63, 3.8) is 0 Å². The first-order valence-corrected chi connectivity index (χ1v) is 7.34. The van der Waals surface area contributed by atoms with Crippen LogP contribution in [0.15, 0.2) is 4.99 Å². The van der Waals surface area contributed by atoms with Crippen LogP contribution in [0, 0.1) is 5.92 Å². The van der Waals surface area contributed by atoms with E-state index in [1.165, 1.54) is 32.4 Å². The van der Waals surface area contributed by atoms with Gasteiger partial charge in [-0.2, -0.15) is 0 Å². The first kappa shape index (κ1) is 13.7. The molecular weight excluding hydrogens is 224 g/mol. The number of piperidine rings is 1. The number of nitrogens with zero attached hydrogens (tertiary/aromatic N) is 2. The van der Waals surface area contributed by atoms with Crippen molar-refractivity contribution >= 4 is 5.96 Å². The molecule has 2 fully saturated rings. The molecule has 1 aliphatic heterocycles. The van der Waals surface area contributed by atoms with E-state index in [9.17, 15) is 0 Å². The van der Waals surface area contributed by atoms with Gasteiger partial charge in [0.25, 0.3) is 0 Å². The van der Waals surface area contributed by atoms with Gasteiger partial charge in [-0.25, -0.2) is 0 Å². The van der Waals surface area contributed by atoms with Crippen LogP contribution in [-0.2, 0) is 0 Å². The van der Waals surface area contributed by atoms with E-state index in [1.807, 2.05) is 7.05 Å². The molecule has 0 spiro atoms. The first-order chi connectivity index (χ1) is 8.60. The smallest absolute Gasteiger partial charge is 0.191 e. The lowest BCUT2D eigenvalue weighted by Gasteiger charge is -2.35. The van der Waals surface area contributed by atoms with Crippen LogP contribution in [-0.4, -0.2) is 49.1 Å². The van der Waals surface area contributed by atoms with Crippen LogP contribution < -0.4 is 10.6 Å². The summed E-state index contributed by atoms with van der Waals surface area (Å²) in [6, 6.07) is 1.91. The Morgan fingerprint density at radius 1 is 1.22 bits per heavy atom. The second-order valence-electron chi connectivity index (χ2n) is 6.08. The molecule has 2 aliphatic rings. The molecule has 0 aromatic heterocycles. The van der Waals surface area contributed by atoms with Crippen molar-refractivity contribution < 1.29 is 0 Å². The van der Waals surface area contributed by atoms with E-state index in [0.717, 1.165) is 11.9 Å². The predicted molar refractivity (Wildman–Crippen MR) is 76.9 cm³/mol. The largest absolute Gasteiger partial charge is 0.354 e. The Kier molecular flexibility index (Phi) is 4.49. The Morgan fingerprint density at radius 3 is 2.28 bits per heavy atom. The van der Waals surface area contributed by atoms with Gasteiger partial charge in [-0.3, -0.25) is 4.99 Å². The Balaban J connectivity index is 1.72. The number of rotatable bonds is 3. The molecule has 0 bridgehead atoms. The lowest BCUT2D eigenvalue weighted by Crippen LogP contribution is -2.50. The van der Waals surface area contributed by atoms with Gasteiger partial charge in [-0.15, -0.1) is 0 Å². The highest BCUT2D eigenvalue weighted by molar-refractivity contribution is 5.80. The third-order valence-electron chi connectivity index (χ3n) is 4.26. The average molecular weight is 252 g/mol. The molecule has 1 saturated heterocycles. The molecule has 1 saturated carbocycles. The van der Waals surface area contributed by atoms with Crippen LogP contribution in [0.25, 0.3) is 0 Å². The minimum absolute atomic E-state index is 0.584. The second kappa shape index (κ2) is 5.91. The molecular formula is C14H28N4. The fourth-order valence-corrected chi connectivity index (χ4v) is 2.62. The van der Waals surface area contributed by atoms with Crippen LogP contribution >= 0.6 is 0 Å². The summed E-state index contributed by atoms with van der Waals surface area (Å²) >= 11 is 0. The molecule has 0 radical (unpaired) electrons. The maximum Gasteiger partial charge on any atom is 0.191 e. The first-order valence-electron chi connectivity index (χ1n) is 7.34. The van der Waals surface area contributed by atoms with Gasteiger partial charge in [0.05, 0.1) is 0 Å². The zero-order valence-corrected chi connectivity index (χ0v) is 12.2. The molecule has 4 heteroatoms. The van der Waals surface area contributed by atoms with E-state index in [-0.39, 0.29) is 0 Å². The van der Waals surface area contributed by atoms with E-state index >= 15 is 0 Å². The predicted octanol–water partition coefficient (Wildman–Crippen LogP) is 1.43. The zero-order chi connectivity index (χ0) is 13.1. The van der Waals surface area contributed by atoms with Crippen LogP contribution in [0.1, 0.15) is 40.0 Å². The van der Waals surface area contributed by atoms with E-state index in [2.05, 4.69) is 41.3 Å². The van der Waals surface area contributed by atoms with Gasteiger partial charge in [0.15, 0.2) is 5.96 Å². The Labute approximate surface area is 111 Å². The minimum atomic E-state index is 0.584. The molecule has 18 heavy (non-hydrogen) atoms. The number of hydrogen-bond acceptors (Lipinski definition) is 2. The molecule has 2 N–H and O–H groups in total. The zero-order valence-electron chi connectivity index (χ0n) is 12.2. The monoisotopic (exact) mass is 252 g/mol. The van der Waals surface area contributed by atoms with Gasteiger partial charge in [0.2, 0.25) is 0 Å². The highest BCUT2D eigenvalue weighted by Crippen LogP contribution is 2.28. The summed E-state index contributed by atoms with van der Waals surface area (Å²) in [5.41, 5.74) is 0. The summed E-state index contributed by atoms with van der Waals surface area (Å²) in [6.45, 7) is 9.25.